The number of anilines is 3. The fraction of sp³-hybridized carbons (Fsp3) is 0.167. The van der Waals surface area contributed by atoms with Crippen molar-refractivity contribution in [1.29, 1.82) is 0 Å². The van der Waals surface area contributed by atoms with Crippen LogP contribution in [0.25, 0.3) is 0 Å². The molecule has 0 aliphatic carbocycles. The molecule has 2 N–H and O–H groups in total. The second-order valence-corrected chi connectivity index (χ2v) is 4.99. The molecule has 0 unspecified atom stereocenters. The van der Waals surface area contributed by atoms with Crippen LogP contribution in [0.4, 0.5) is 27.4 Å². The third-order valence-corrected chi connectivity index (χ3v) is 3.37. The Hall–Kier alpha value is -2.29. The van der Waals surface area contributed by atoms with Gasteiger partial charge in [-0.1, -0.05) is 0 Å². The van der Waals surface area contributed by atoms with Crippen LogP contribution in [0.3, 0.4) is 0 Å². The van der Waals surface area contributed by atoms with E-state index in [-0.39, 0.29) is 17.3 Å². The molecule has 1 heterocycles. The lowest BCUT2D eigenvalue weighted by Gasteiger charge is -2.11. The number of hydrogen-bond acceptors (Lipinski definition) is 6. The molecule has 21 heavy (non-hydrogen) atoms. The SMILES string of the molecule is CNc1ncnc(Nc2cc(F)c(Br)cc2C)c1[N+](=O)[O-]. The molecule has 0 atom stereocenters. The summed E-state index contributed by atoms with van der Waals surface area (Å²) < 4.78 is 13.9. The predicted molar refractivity (Wildman–Crippen MR) is 80.4 cm³/mol. The van der Waals surface area contributed by atoms with E-state index < -0.39 is 10.7 Å². The minimum atomic E-state index is -0.598. The maximum absolute atomic E-state index is 13.6. The molecule has 0 saturated carbocycles. The molecule has 0 fully saturated rings. The topological polar surface area (TPSA) is 93.0 Å². The Labute approximate surface area is 127 Å². The number of nitro groups is 1. The van der Waals surface area contributed by atoms with Gasteiger partial charge in [0.1, 0.15) is 12.1 Å². The minimum Gasteiger partial charge on any atom is -0.367 e. The highest BCUT2D eigenvalue weighted by molar-refractivity contribution is 9.10. The molecule has 0 aliphatic heterocycles. The van der Waals surface area contributed by atoms with Crippen LogP contribution in [0.2, 0.25) is 0 Å². The second kappa shape index (κ2) is 6.00. The number of halogens is 2. The lowest BCUT2D eigenvalue weighted by molar-refractivity contribution is -0.383. The lowest BCUT2D eigenvalue weighted by atomic mass is 10.2. The summed E-state index contributed by atoms with van der Waals surface area (Å²) in [4.78, 5) is 18.2. The van der Waals surface area contributed by atoms with Crippen molar-refractivity contribution >= 4 is 38.9 Å². The first-order valence-corrected chi connectivity index (χ1v) is 6.63. The molecule has 1 aromatic carbocycles. The van der Waals surface area contributed by atoms with Crippen LogP contribution in [0, 0.1) is 22.9 Å². The smallest absolute Gasteiger partial charge is 0.353 e. The summed E-state index contributed by atoms with van der Waals surface area (Å²) in [5.74, 6) is -0.412. The van der Waals surface area contributed by atoms with Gasteiger partial charge in [0.2, 0.25) is 11.6 Å². The zero-order valence-electron chi connectivity index (χ0n) is 11.1. The number of aromatic nitrogens is 2. The van der Waals surface area contributed by atoms with E-state index in [0.29, 0.717) is 15.7 Å². The highest BCUT2D eigenvalue weighted by Crippen LogP contribution is 2.33. The van der Waals surface area contributed by atoms with E-state index in [4.69, 9.17) is 0 Å². The van der Waals surface area contributed by atoms with Crippen LogP contribution < -0.4 is 10.6 Å². The van der Waals surface area contributed by atoms with E-state index in [1.807, 2.05) is 0 Å². The normalized spacial score (nSPS) is 10.3. The van der Waals surface area contributed by atoms with E-state index in [1.165, 1.54) is 19.4 Å². The largest absolute Gasteiger partial charge is 0.367 e. The van der Waals surface area contributed by atoms with Gasteiger partial charge < -0.3 is 10.6 Å². The fourth-order valence-corrected chi connectivity index (χ4v) is 2.19. The summed E-state index contributed by atoms with van der Waals surface area (Å²) in [5, 5.41) is 16.6. The Morgan fingerprint density at radius 1 is 1.33 bits per heavy atom. The molecular formula is C12H11BrFN5O2. The van der Waals surface area contributed by atoms with Gasteiger partial charge in [-0.3, -0.25) is 10.1 Å². The van der Waals surface area contributed by atoms with Crippen molar-refractivity contribution in [2.75, 3.05) is 17.7 Å². The van der Waals surface area contributed by atoms with Crippen molar-refractivity contribution in [1.82, 2.24) is 9.97 Å². The van der Waals surface area contributed by atoms with Crippen molar-refractivity contribution in [2.45, 2.75) is 6.92 Å². The van der Waals surface area contributed by atoms with Gasteiger partial charge in [-0.05, 0) is 40.5 Å². The summed E-state index contributed by atoms with van der Waals surface area (Å²) in [7, 11) is 1.52. The summed E-state index contributed by atoms with van der Waals surface area (Å²) >= 11 is 3.08. The summed E-state index contributed by atoms with van der Waals surface area (Å²) in [6.07, 6.45) is 1.19. The van der Waals surface area contributed by atoms with Gasteiger partial charge in [0, 0.05) is 12.7 Å². The number of nitrogens with zero attached hydrogens (tertiary/aromatic N) is 3. The highest BCUT2D eigenvalue weighted by atomic mass is 79.9. The monoisotopic (exact) mass is 355 g/mol. The molecule has 7 nitrogen and oxygen atoms in total. The van der Waals surface area contributed by atoms with Crippen LogP contribution in [0.1, 0.15) is 5.56 Å². The van der Waals surface area contributed by atoms with Crippen LogP contribution >= 0.6 is 15.9 Å². The van der Waals surface area contributed by atoms with Gasteiger partial charge in [0.05, 0.1) is 9.40 Å². The van der Waals surface area contributed by atoms with Crippen LogP contribution in [-0.2, 0) is 0 Å². The van der Waals surface area contributed by atoms with Gasteiger partial charge in [-0.2, -0.15) is 0 Å². The number of rotatable bonds is 4. The molecule has 110 valence electrons. The van der Waals surface area contributed by atoms with Gasteiger partial charge in [-0.15, -0.1) is 0 Å². The Balaban J connectivity index is 2.49. The predicted octanol–water partition coefficient (Wildman–Crippen LogP) is 3.38. The van der Waals surface area contributed by atoms with Gasteiger partial charge >= 0.3 is 5.69 Å². The van der Waals surface area contributed by atoms with E-state index in [0.717, 1.165) is 0 Å². The van der Waals surface area contributed by atoms with Crippen molar-refractivity contribution < 1.29 is 9.31 Å². The number of nitrogens with one attached hydrogen (secondary N) is 2. The van der Waals surface area contributed by atoms with Gasteiger partial charge in [0.25, 0.3) is 0 Å². The Bertz CT molecular complexity index is 710. The summed E-state index contributed by atoms with van der Waals surface area (Å²) in [6, 6.07) is 2.81. The first kappa shape index (κ1) is 15.1. The average molecular weight is 356 g/mol. The molecule has 2 rings (SSSR count). The molecule has 1 aromatic heterocycles. The molecule has 0 spiro atoms. The number of hydrogen-bond donors (Lipinski definition) is 2. The number of benzene rings is 1. The second-order valence-electron chi connectivity index (χ2n) is 4.13. The molecule has 0 bridgehead atoms. The van der Waals surface area contributed by atoms with E-state index in [2.05, 4.69) is 36.5 Å². The highest BCUT2D eigenvalue weighted by Gasteiger charge is 2.22. The molecule has 0 amide bonds. The first-order chi connectivity index (χ1) is 9.93. The molecule has 0 aliphatic rings. The van der Waals surface area contributed by atoms with Crippen molar-refractivity contribution in [3.05, 3.63) is 44.4 Å². The number of aryl methyl sites for hydroxylation is 1. The third-order valence-electron chi connectivity index (χ3n) is 2.76. The average Bonchev–Trinajstić information content (AvgIpc) is 2.44. The first-order valence-electron chi connectivity index (χ1n) is 5.84. The molecular weight excluding hydrogens is 345 g/mol. The Kier molecular flexibility index (Phi) is 4.32. The minimum absolute atomic E-state index is 0.0100. The Morgan fingerprint density at radius 3 is 2.62 bits per heavy atom. The van der Waals surface area contributed by atoms with Crippen LogP contribution in [0.5, 0.6) is 0 Å². The molecule has 0 saturated heterocycles. The fourth-order valence-electron chi connectivity index (χ4n) is 1.73. The van der Waals surface area contributed by atoms with E-state index in [9.17, 15) is 14.5 Å². The molecule has 2 aromatic rings. The van der Waals surface area contributed by atoms with Crippen LogP contribution in [0.15, 0.2) is 22.9 Å². The lowest BCUT2D eigenvalue weighted by Crippen LogP contribution is -2.06. The summed E-state index contributed by atoms with van der Waals surface area (Å²) in [5.41, 5.74) is 0.796. The molecule has 0 radical (unpaired) electrons. The van der Waals surface area contributed by atoms with Crippen molar-refractivity contribution in [3.63, 3.8) is 0 Å². The maximum Gasteiger partial charge on any atom is 0.353 e. The van der Waals surface area contributed by atoms with Crippen molar-refractivity contribution in [2.24, 2.45) is 0 Å². The van der Waals surface area contributed by atoms with E-state index in [1.54, 1.807) is 13.0 Å². The van der Waals surface area contributed by atoms with Crippen molar-refractivity contribution in [3.8, 4) is 0 Å². The quantitative estimate of drug-likeness (QED) is 0.644. The zero-order chi connectivity index (χ0) is 15.6. The zero-order valence-corrected chi connectivity index (χ0v) is 12.7. The molecule has 9 heteroatoms. The third kappa shape index (κ3) is 3.07. The summed E-state index contributed by atoms with van der Waals surface area (Å²) in [6.45, 7) is 1.75. The maximum atomic E-state index is 13.6. The Morgan fingerprint density at radius 2 is 2.00 bits per heavy atom. The standard InChI is InChI=1S/C12H11BrFN5O2/c1-6-3-7(13)8(14)4-9(6)18-12-10(19(20)21)11(15-2)16-5-17-12/h3-5H,1-2H3,(H2,15,16,17,18). The van der Waals surface area contributed by atoms with Crippen LogP contribution in [-0.4, -0.2) is 21.9 Å². The van der Waals surface area contributed by atoms with Gasteiger partial charge in [0.15, 0.2) is 0 Å². The van der Waals surface area contributed by atoms with E-state index >= 15 is 0 Å². The van der Waals surface area contributed by atoms with Gasteiger partial charge in [-0.25, -0.2) is 14.4 Å².